The van der Waals surface area contributed by atoms with Crippen LogP contribution in [0.2, 0.25) is 0 Å². The van der Waals surface area contributed by atoms with Gasteiger partial charge in [0.15, 0.2) is 0 Å². The number of carbonyl (C=O) groups is 2. The molecule has 0 aliphatic heterocycles. The Bertz CT molecular complexity index is 310. The summed E-state index contributed by atoms with van der Waals surface area (Å²) in [4.78, 5) is 25.0. The first-order valence-corrected chi connectivity index (χ1v) is 6.52. The molecule has 1 aliphatic carbocycles. The third kappa shape index (κ3) is 3.70. The molecule has 0 radical (unpaired) electrons. The number of hydrogen-bond donors (Lipinski definition) is 2. The van der Waals surface area contributed by atoms with Crippen molar-refractivity contribution < 1.29 is 19.8 Å². The Hall–Kier alpha value is -1.10. The van der Waals surface area contributed by atoms with E-state index >= 15 is 0 Å². The highest BCUT2D eigenvalue weighted by molar-refractivity contribution is 5.84. The molecule has 1 amide bonds. The Morgan fingerprint density at radius 1 is 1.33 bits per heavy atom. The smallest absolute Gasteiger partial charge is 0.309 e. The molecule has 104 valence electrons. The Kier molecular flexibility index (Phi) is 5.14. The molecule has 0 aromatic rings. The minimum absolute atomic E-state index is 0.0181. The first kappa shape index (κ1) is 15.0. The second-order valence-electron chi connectivity index (χ2n) is 5.61. The van der Waals surface area contributed by atoms with Crippen molar-refractivity contribution in [1.29, 1.82) is 0 Å². The first-order valence-electron chi connectivity index (χ1n) is 6.52. The van der Waals surface area contributed by atoms with Gasteiger partial charge < -0.3 is 15.1 Å². The summed E-state index contributed by atoms with van der Waals surface area (Å²) in [5, 5.41) is 17.9. The maximum atomic E-state index is 12.2. The van der Waals surface area contributed by atoms with Gasteiger partial charge in [0.25, 0.3) is 0 Å². The van der Waals surface area contributed by atoms with Gasteiger partial charge in [0.05, 0.1) is 5.41 Å². The number of nitrogens with zero attached hydrogens (tertiary/aromatic N) is 1. The summed E-state index contributed by atoms with van der Waals surface area (Å²) in [6.07, 6.45) is 3.67. The fraction of sp³-hybridized carbons (Fsp3) is 0.846. The number of aliphatic carboxylic acids is 1. The lowest BCUT2D eigenvalue weighted by atomic mass is 9.86. The van der Waals surface area contributed by atoms with E-state index in [0.717, 1.165) is 19.3 Å². The highest BCUT2D eigenvalue weighted by atomic mass is 16.4. The molecule has 1 saturated carbocycles. The normalized spacial score (nSPS) is 16.2. The van der Waals surface area contributed by atoms with Crippen LogP contribution in [-0.4, -0.2) is 46.2 Å². The van der Waals surface area contributed by atoms with E-state index < -0.39 is 11.4 Å². The zero-order valence-electron chi connectivity index (χ0n) is 11.2. The molecule has 2 N–H and O–H groups in total. The summed E-state index contributed by atoms with van der Waals surface area (Å²) >= 11 is 0. The molecule has 1 aliphatic rings. The largest absolute Gasteiger partial charge is 0.481 e. The van der Waals surface area contributed by atoms with E-state index in [4.69, 9.17) is 10.2 Å². The van der Waals surface area contributed by atoms with Crippen molar-refractivity contribution >= 4 is 11.9 Å². The van der Waals surface area contributed by atoms with E-state index in [2.05, 4.69) is 0 Å². The molecule has 5 heteroatoms. The molecule has 0 aromatic carbocycles. The van der Waals surface area contributed by atoms with Crippen molar-refractivity contribution in [3.05, 3.63) is 0 Å². The number of carboxylic acid groups (broad SMARTS) is 1. The summed E-state index contributed by atoms with van der Waals surface area (Å²) in [6, 6.07) is 0.244. The van der Waals surface area contributed by atoms with Crippen LogP contribution < -0.4 is 0 Å². The van der Waals surface area contributed by atoms with Crippen LogP contribution in [0.5, 0.6) is 0 Å². The Balaban J connectivity index is 2.61. The summed E-state index contributed by atoms with van der Waals surface area (Å²) in [7, 11) is 0. The number of aliphatic hydroxyl groups is 1. The van der Waals surface area contributed by atoms with Gasteiger partial charge >= 0.3 is 5.97 Å². The van der Waals surface area contributed by atoms with E-state index in [-0.39, 0.29) is 25.0 Å². The molecule has 0 aromatic heterocycles. The van der Waals surface area contributed by atoms with Gasteiger partial charge in [0.1, 0.15) is 0 Å². The fourth-order valence-corrected chi connectivity index (χ4v) is 2.01. The standard InChI is InChI=1S/C13H23NO4/c1-13(2,12(17)18)9-11(16)14(7-4-8-15)10-5-3-6-10/h10,15H,3-9H2,1-2H3,(H,17,18). The predicted octanol–water partition coefficient (Wildman–Crippen LogP) is 1.25. The fourth-order valence-electron chi connectivity index (χ4n) is 2.01. The second kappa shape index (κ2) is 6.18. The van der Waals surface area contributed by atoms with E-state index in [1.54, 1.807) is 18.7 Å². The van der Waals surface area contributed by atoms with Gasteiger partial charge in [-0.1, -0.05) is 0 Å². The van der Waals surface area contributed by atoms with Crippen molar-refractivity contribution in [2.75, 3.05) is 13.2 Å². The maximum Gasteiger partial charge on any atom is 0.309 e. The molecule has 0 saturated heterocycles. The Labute approximate surface area is 108 Å². The number of aliphatic hydroxyl groups excluding tert-OH is 1. The summed E-state index contributed by atoms with van der Waals surface area (Å²) < 4.78 is 0. The number of rotatable bonds is 7. The average Bonchev–Trinajstić information content (AvgIpc) is 2.20. The molecule has 0 heterocycles. The highest BCUT2D eigenvalue weighted by Crippen LogP contribution is 2.28. The van der Waals surface area contributed by atoms with E-state index in [9.17, 15) is 9.59 Å². The van der Waals surface area contributed by atoms with E-state index in [1.165, 1.54) is 0 Å². The molecular weight excluding hydrogens is 234 g/mol. The molecule has 5 nitrogen and oxygen atoms in total. The zero-order chi connectivity index (χ0) is 13.8. The monoisotopic (exact) mass is 257 g/mol. The topological polar surface area (TPSA) is 77.8 Å². The summed E-state index contributed by atoms with van der Waals surface area (Å²) in [5.41, 5.74) is -1.03. The van der Waals surface area contributed by atoms with E-state index in [1.807, 2.05) is 0 Å². The van der Waals surface area contributed by atoms with Gasteiger partial charge in [-0.15, -0.1) is 0 Å². The van der Waals surface area contributed by atoms with Gasteiger partial charge in [0.2, 0.25) is 5.91 Å². The van der Waals surface area contributed by atoms with Crippen LogP contribution in [0.15, 0.2) is 0 Å². The lowest BCUT2D eigenvalue weighted by Crippen LogP contribution is -2.46. The molecule has 1 fully saturated rings. The van der Waals surface area contributed by atoms with Crippen molar-refractivity contribution in [3.8, 4) is 0 Å². The lowest BCUT2D eigenvalue weighted by Gasteiger charge is -2.38. The maximum absolute atomic E-state index is 12.2. The predicted molar refractivity (Wildman–Crippen MR) is 67.1 cm³/mol. The van der Waals surface area contributed by atoms with Gasteiger partial charge in [-0.25, -0.2) is 0 Å². The first-order chi connectivity index (χ1) is 8.38. The SMILES string of the molecule is CC(C)(CC(=O)N(CCCO)C1CCC1)C(=O)O. The van der Waals surface area contributed by atoms with Crippen molar-refractivity contribution in [1.82, 2.24) is 4.90 Å². The van der Waals surface area contributed by atoms with Crippen molar-refractivity contribution in [3.63, 3.8) is 0 Å². The van der Waals surface area contributed by atoms with Gasteiger partial charge in [-0.3, -0.25) is 9.59 Å². The van der Waals surface area contributed by atoms with Gasteiger partial charge in [-0.05, 0) is 39.5 Å². The molecule has 1 rings (SSSR count). The number of amides is 1. The summed E-state index contributed by atoms with van der Waals surface area (Å²) in [6.45, 7) is 3.71. The third-order valence-electron chi connectivity index (χ3n) is 3.57. The van der Waals surface area contributed by atoms with Crippen molar-refractivity contribution in [2.24, 2.45) is 5.41 Å². The van der Waals surface area contributed by atoms with E-state index in [0.29, 0.717) is 13.0 Å². The molecule has 0 atom stereocenters. The zero-order valence-corrected chi connectivity index (χ0v) is 11.2. The molecular formula is C13H23NO4. The highest BCUT2D eigenvalue weighted by Gasteiger charge is 2.35. The number of carbonyl (C=O) groups excluding carboxylic acids is 1. The Morgan fingerprint density at radius 2 is 1.94 bits per heavy atom. The number of carboxylic acids is 1. The van der Waals surface area contributed by atoms with Crippen molar-refractivity contribution in [2.45, 2.75) is 52.0 Å². The molecule has 0 spiro atoms. The number of hydrogen-bond acceptors (Lipinski definition) is 3. The molecule has 0 unspecified atom stereocenters. The van der Waals surface area contributed by atoms with Crippen LogP contribution >= 0.6 is 0 Å². The second-order valence-corrected chi connectivity index (χ2v) is 5.61. The molecule has 18 heavy (non-hydrogen) atoms. The quantitative estimate of drug-likeness (QED) is 0.719. The van der Waals surface area contributed by atoms with Crippen LogP contribution in [0.4, 0.5) is 0 Å². The third-order valence-corrected chi connectivity index (χ3v) is 3.57. The average molecular weight is 257 g/mol. The summed E-state index contributed by atoms with van der Waals surface area (Å²) in [5.74, 6) is -1.06. The molecule has 0 bridgehead atoms. The van der Waals surface area contributed by atoms with Crippen LogP contribution in [0.3, 0.4) is 0 Å². The van der Waals surface area contributed by atoms with Gasteiger partial charge in [-0.2, -0.15) is 0 Å². The minimum Gasteiger partial charge on any atom is -0.481 e. The minimum atomic E-state index is -1.03. The Morgan fingerprint density at radius 3 is 2.33 bits per heavy atom. The van der Waals surface area contributed by atoms with Gasteiger partial charge in [0, 0.05) is 25.6 Å². The van der Waals surface area contributed by atoms with Crippen LogP contribution in [0.25, 0.3) is 0 Å². The lowest BCUT2D eigenvalue weighted by molar-refractivity contribution is -0.152. The van der Waals surface area contributed by atoms with Crippen LogP contribution in [0.1, 0.15) is 46.0 Å². The van der Waals surface area contributed by atoms with Crippen LogP contribution in [0, 0.1) is 5.41 Å². The van der Waals surface area contributed by atoms with Crippen LogP contribution in [-0.2, 0) is 9.59 Å².